The Morgan fingerprint density at radius 1 is 1.27 bits per heavy atom. The average molecular weight is 362 g/mol. The molecule has 8 heteroatoms. The molecule has 1 N–H and O–H groups in total. The minimum Gasteiger partial charge on any atom is -0.496 e. The molecule has 0 aliphatic rings. The number of carbonyl (C=O) groups is 1. The summed E-state index contributed by atoms with van der Waals surface area (Å²) in [6, 6.07) is 10.3. The molecule has 0 spiro atoms. The van der Waals surface area contributed by atoms with Gasteiger partial charge in [0.2, 0.25) is 0 Å². The quantitative estimate of drug-likeness (QED) is 0.317. The minimum atomic E-state index is -0.469. The number of hydrogen-bond acceptors (Lipinski definition) is 6. The van der Waals surface area contributed by atoms with Crippen molar-refractivity contribution in [1.82, 2.24) is 0 Å². The van der Waals surface area contributed by atoms with Gasteiger partial charge in [0, 0.05) is 24.6 Å². The van der Waals surface area contributed by atoms with Crippen molar-refractivity contribution in [3.05, 3.63) is 64.0 Å². The van der Waals surface area contributed by atoms with Crippen molar-refractivity contribution in [2.45, 2.75) is 19.4 Å². The number of carbonyl (C=O) groups excluding carboxylic acids is 1. The molecular weight excluding hydrogens is 343 g/mol. The Hall–Kier alpha value is -3.16. The molecule has 2 aromatic rings. The largest absolute Gasteiger partial charge is 0.496 e. The first-order chi connectivity index (χ1) is 12.5. The molecule has 0 fully saturated rings. The van der Waals surface area contributed by atoms with Crippen molar-refractivity contribution in [3.63, 3.8) is 0 Å². The summed E-state index contributed by atoms with van der Waals surface area (Å²) in [7, 11) is 1.45. The predicted octanol–water partition coefficient (Wildman–Crippen LogP) is 3.68. The first-order valence-corrected chi connectivity index (χ1v) is 7.96. The lowest BCUT2D eigenvalue weighted by Gasteiger charge is -2.10. The molecule has 138 valence electrons. The van der Waals surface area contributed by atoms with Crippen LogP contribution < -0.4 is 10.1 Å². The third kappa shape index (κ3) is 5.44. The number of halogens is 1. The first-order valence-electron chi connectivity index (χ1n) is 7.96. The summed E-state index contributed by atoms with van der Waals surface area (Å²) in [5, 5.41) is 13.8. The van der Waals surface area contributed by atoms with Crippen LogP contribution in [0.4, 0.5) is 15.8 Å². The van der Waals surface area contributed by atoms with E-state index in [9.17, 15) is 19.3 Å². The molecule has 26 heavy (non-hydrogen) atoms. The van der Waals surface area contributed by atoms with E-state index < -0.39 is 16.7 Å². The van der Waals surface area contributed by atoms with Crippen LogP contribution in [0.5, 0.6) is 5.75 Å². The zero-order valence-electron chi connectivity index (χ0n) is 14.2. The number of nitro benzene ring substituents is 1. The second-order valence-corrected chi connectivity index (χ2v) is 5.42. The molecule has 0 saturated heterocycles. The molecule has 0 saturated carbocycles. The highest BCUT2D eigenvalue weighted by molar-refractivity contribution is 5.69. The SMILES string of the molecule is COc1ccc(F)cc1COC(=O)CCCNc1ccccc1[N+](=O)[O-]. The maximum absolute atomic E-state index is 13.3. The Morgan fingerprint density at radius 2 is 2.04 bits per heavy atom. The Kier molecular flexibility index (Phi) is 6.90. The Labute approximate surface area is 149 Å². The molecule has 2 aromatic carbocycles. The summed E-state index contributed by atoms with van der Waals surface area (Å²) in [4.78, 5) is 22.2. The average Bonchev–Trinajstić information content (AvgIpc) is 2.64. The summed E-state index contributed by atoms with van der Waals surface area (Å²) in [6.45, 7) is 0.292. The van der Waals surface area contributed by atoms with Gasteiger partial charge in [-0.3, -0.25) is 14.9 Å². The zero-order chi connectivity index (χ0) is 18.9. The van der Waals surface area contributed by atoms with E-state index in [1.165, 1.54) is 31.4 Å². The van der Waals surface area contributed by atoms with Crippen LogP contribution in [0.25, 0.3) is 0 Å². The van der Waals surface area contributed by atoms with Crippen molar-refractivity contribution in [2.24, 2.45) is 0 Å². The number of benzene rings is 2. The third-order valence-electron chi connectivity index (χ3n) is 3.60. The summed E-state index contributed by atoms with van der Waals surface area (Å²) in [5.41, 5.74) is 0.822. The van der Waals surface area contributed by atoms with Crippen molar-refractivity contribution in [3.8, 4) is 5.75 Å². The van der Waals surface area contributed by atoms with Gasteiger partial charge in [0.05, 0.1) is 12.0 Å². The van der Waals surface area contributed by atoms with Gasteiger partial charge in [0.1, 0.15) is 23.9 Å². The number of methoxy groups -OCH3 is 1. The van der Waals surface area contributed by atoms with E-state index in [1.807, 2.05) is 0 Å². The lowest BCUT2D eigenvalue weighted by molar-refractivity contribution is -0.384. The second kappa shape index (κ2) is 9.36. The van der Waals surface area contributed by atoms with Crippen molar-refractivity contribution < 1.29 is 23.6 Å². The van der Waals surface area contributed by atoms with Crippen LogP contribution in [0.2, 0.25) is 0 Å². The molecule has 7 nitrogen and oxygen atoms in total. The molecule has 0 atom stereocenters. The highest BCUT2D eigenvalue weighted by atomic mass is 19.1. The van der Waals surface area contributed by atoms with Crippen molar-refractivity contribution in [1.29, 1.82) is 0 Å². The summed E-state index contributed by atoms with van der Waals surface area (Å²) < 4.78 is 23.5. The van der Waals surface area contributed by atoms with Crippen LogP contribution in [-0.4, -0.2) is 24.5 Å². The highest BCUT2D eigenvalue weighted by Crippen LogP contribution is 2.23. The van der Waals surface area contributed by atoms with E-state index in [0.29, 0.717) is 30.0 Å². The number of anilines is 1. The lowest BCUT2D eigenvalue weighted by atomic mass is 10.2. The minimum absolute atomic E-state index is 0.0201. The lowest BCUT2D eigenvalue weighted by Crippen LogP contribution is -2.09. The number of rotatable bonds is 9. The molecule has 0 aliphatic heterocycles. The third-order valence-corrected chi connectivity index (χ3v) is 3.60. The van der Waals surface area contributed by atoms with E-state index in [2.05, 4.69) is 5.32 Å². The van der Waals surface area contributed by atoms with Gasteiger partial charge in [-0.1, -0.05) is 12.1 Å². The van der Waals surface area contributed by atoms with Gasteiger partial charge in [0.15, 0.2) is 0 Å². The maximum atomic E-state index is 13.3. The van der Waals surface area contributed by atoms with Gasteiger partial charge >= 0.3 is 5.97 Å². The Morgan fingerprint density at radius 3 is 2.77 bits per heavy atom. The smallest absolute Gasteiger partial charge is 0.306 e. The van der Waals surface area contributed by atoms with E-state index in [4.69, 9.17) is 9.47 Å². The number of esters is 1. The molecule has 0 bridgehead atoms. The van der Waals surface area contributed by atoms with Crippen molar-refractivity contribution in [2.75, 3.05) is 19.0 Å². The Balaban J connectivity index is 1.76. The number of para-hydroxylation sites is 2. The molecule has 0 unspecified atom stereocenters. The fraction of sp³-hybridized carbons (Fsp3) is 0.278. The molecule has 0 aromatic heterocycles. The number of nitrogens with one attached hydrogen (secondary N) is 1. The highest BCUT2D eigenvalue weighted by Gasteiger charge is 2.12. The molecule has 0 radical (unpaired) electrons. The van der Waals surface area contributed by atoms with Crippen LogP contribution in [0, 0.1) is 15.9 Å². The molecule has 0 aliphatic carbocycles. The van der Waals surface area contributed by atoms with Gasteiger partial charge in [-0.2, -0.15) is 0 Å². The first kappa shape index (κ1) is 19.2. The van der Waals surface area contributed by atoms with E-state index in [-0.39, 0.29) is 18.7 Å². The van der Waals surface area contributed by atoms with Gasteiger partial charge in [-0.15, -0.1) is 0 Å². The second-order valence-electron chi connectivity index (χ2n) is 5.42. The molecular formula is C18H19FN2O5. The van der Waals surface area contributed by atoms with Crippen LogP contribution >= 0.6 is 0 Å². The van der Waals surface area contributed by atoms with E-state index >= 15 is 0 Å². The standard InChI is InChI=1S/C18H19FN2O5/c1-25-17-9-8-14(19)11-13(17)12-26-18(22)7-4-10-20-15-5-2-3-6-16(15)21(23)24/h2-3,5-6,8-9,11,20H,4,7,10,12H2,1H3. The number of hydrogen-bond donors (Lipinski definition) is 1. The summed E-state index contributed by atoms with van der Waals surface area (Å²) in [5.74, 6) is -0.441. The number of ether oxygens (including phenoxy) is 2. The van der Waals surface area contributed by atoms with Crippen LogP contribution in [0.3, 0.4) is 0 Å². The number of nitrogens with zero attached hydrogens (tertiary/aromatic N) is 1. The fourth-order valence-corrected chi connectivity index (χ4v) is 2.33. The topological polar surface area (TPSA) is 90.7 Å². The van der Waals surface area contributed by atoms with Gasteiger partial charge < -0.3 is 14.8 Å². The molecule has 0 heterocycles. The van der Waals surface area contributed by atoms with Crippen LogP contribution in [0.15, 0.2) is 42.5 Å². The maximum Gasteiger partial charge on any atom is 0.306 e. The summed E-state index contributed by atoms with van der Waals surface area (Å²) >= 11 is 0. The van der Waals surface area contributed by atoms with Crippen LogP contribution in [-0.2, 0) is 16.1 Å². The normalized spacial score (nSPS) is 10.2. The van der Waals surface area contributed by atoms with Gasteiger partial charge in [0.25, 0.3) is 5.69 Å². The zero-order valence-corrected chi connectivity index (χ0v) is 14.2. The molecule has 2 rings (SSSR count). The number of nitro groups is 1. The Bertz CT molecular complexity index is 782. The molecule has 0 amide bonds. The van der Waals surface area contributed by atoms with Gasteiger partial charge in [-0.25, -0.2) is 4.39 Å². The fourth-order valence-electron chi connectivity index (χ4n) is 2.33. The van der Waals surface area contributed by atoms with E-state index in [0.717, 1.165) is 0 Å². The van der Waals surface area contributed by atoms with Gasteiger partial charge in [-0.05, 0) is 30.7 Å². The van der Waals surface area contributed by atoms with Crippen LogP contribution in [0.1, 0.15) is 18.4 Å². The van der Waals surface area contributed by atoms with E-state index in [1.54, 1.807) is 18.2 Å². The van der Waals surface area contributed by atoms with Crippen molar-refractivity contribution >= 4 is 17.3 Å². The summed E-state index contributed by atoms with van der Waals surface area (Å²) in [6.07, 6.45) is 0.566. The predicted molar refractivity (Wildman–Crippen MR) is 93.6 cm³/mol. The monoisotopic (exact) mass is 362 g/mol.